The van der Waals surface area contributed by atoms with E-state index in [1.807, 2.05) is 18.5 Å². The van der Waals surface area contributed by atoms with Gasteiger partial charge in [0.15, 0.2) is 0 Å². The molecule has 1 N–H and O–H groups in total. The number of aliphatic hydroxyl groups is 1. The topological polar surface area (TPSA) is 38.0 Å². The molecule has 1 rings (SSSR count). The minimum Gasteiger partial charge on any atom is -0.393 e. The predicted molar refractivity (Wildman–Crippen MR) is 85.2 cm³/mol. The molecule has 0 aromatic carbocycles. The molecule has 0 spiro atoms. The molecule has 0 aliphatic carbocycles. The van der Waals surface area contributed by atoms with E-state index < -0.39 is 0 Å². The molecular formula is C16H29ClN2O. The molecule has 0 aliphatic heterocycles. The Balaban J connectivity index is 2.65. The van der Waals surface area contributed by atoms with Crippen LogP contribution in [0.3, 0.4) is 0 Å². The summed E-state index contributed by atoms with van der Waals surface area (Å²) >= 11 is 6.29. The molecule has 2 atom stereocenters. The second kappa shape index (κ2) is 6.95. The number of aliphatic hydroxyl groups excluding tert-OH is 1. The molecule has 4 heteroatoms. The summed E-state index contributed by atoms with van der Waals surface area (Å²) in [6.45, 7) is 13.7. The Labute approximate surface area is 128 Å². The van der Waals surface area contributed by atoms with Crippen LogP contribution in [-0.2, 0) is 13.0 Å². The molecule has 1 heterocycles. The Morgan fingerprint density at radius 3 is 2.45 bits per heavy atom. The molecule has 0 saturated carbocycles. The summed E-state index contributed by atoms with van der Waals surface area (Å²) in [5.74, 6) is 0.503. The van der Waals surface area contributed by atoms with Gasteiger partial charge in [0.25, 0.3) is 0 Å². The molecule has 0 amide bonds. The van der Waals surface area contributed by atoms with Gasteiger partial charge >= 0.3 is 0 Å². The lowest BCUT2D eigenvalue weighted by molar-refractivity contribution is 0.130. The van der Waals surface area contributed by atoms with Gasteiger partial charge in [0.05, 0.1) is 22.5 Å². The van der Waals surface area contributed by atoms with E-state index in [4.69, 9.17) is 11.6 Å². The molecule has 0 aliphatic rings. The van der Waals surface area contributed by atoms with Crippen LogP contribution in [0.4, 0.5) is 0 Å². The maximum absolute atomic E-state index is 10.3. The summed E-state index contributed by atoms with van der Waals surface area (Å²) in [4.78, 5) is 0. The Morgan fingerprint density at radius 2 is 1.95 bits per heavy atom. The van der Waals surface area contributed by atoms with Crippen molar-refractivity contribution in [1.29, 1.82) is 0 Å². The molecule has 3 nitrogen and oxygen atoms in total. The van der Waals surface area contributed by atoms with E-state index in [1.54, 1.807) is 0 Å². The van der Waals surface area contributed by atoms with Crippen molar-refractivity contribution in [3.63, 3.8) is 0 Å². The van der Waals surface area contributed by atoms with Crippen LogP contribution in [0.1, 0.15) is 58.8 Å². The number of aromatic nitrogens is 2. The monoisotopic (exact) mass is 300 g/mol. The van der Waals surface area contributed by atoms with E-state index in [2.05, 4.69) is 32.8 Å². The van der Waals surface area contributed by atoms with Crippen molar-refractivity contribution >= 4 is 11.6 Å². The first kappa shape index (κ1) is 17.5. The molecule has 1 aromatic rings. The molecule has 0 saturated heterocycles. The highest BCUT2D eigenvalue weighted by molar-refractivity contribution is 6.31. The molecule has 20 heavy (non-hydrogen) atoms. The smallest absolute Gasteiger partial charge is 0.0848 e. The summed E-state index contributed by atoms with van der Waals surface area (Å²) in [6.07, 6.45) is 2.15. The number of halogens is 1. The summed E-state index contributed by atoms with van der Waals surface area (Å²) in [7, 11) is 0. The fourth-order valence-corrected chi connectivity index (χ4v) is 3.18. The van der Waals surface area contributed by atoms with Crippen molar-refractivity contribution < 1.29 is 5.11 Å². The average molecular weight is 301 g/mol. The third-order valence-corrected chi connectivity index (χ3v) is 4.01. The van der Waals surface area contributed by atoms with Gasteiger partial charge in [-0.05, 0) is 38.0 Å². The fourth-order valence-electron chi connectivity index (χ4n) is 2.96. The number of hydrogen-bond donors (Lipinski definition) is 1. The van der Waals surface area contributed by atoms with Gasteiger partial charge in [-0.25, -0.2) is 0 Å². The first-order chi connectivity index (χ1) is 9.14. The van der Waals surface area contributed by atoms with E-state index in [9.17, 15) is 5.11 Å². The van der Waals surface area contributed by atoms with Gasteiger partial charge in [-0.2, -0.15) is 5.10 Å². The highest BCUT2D eigenvalue weighted by atomic mass is 35.5. The van der Waals surface area contributed by atoms with E-state index >= 15 is 0 Å². The summed E-state index contributed by atoms with van der Waals surface area (Å²) in [6, 6.07) is 0. The molecule has 0 radical (unpaired) electrons. The van der Waals surface area contributed by atoms with Crippen LogP contribution in [0.25, 0.3) is 0 Å². The van der Waals surface area contributed by atoms with Crippen molar-refractivity contribution in [1.82, 2.24) is 9.78 Å². The number of hydrogen-bond acceptors (Lipinski definition) is 2. The van der Waals surface area contributed by atoms with Crippen LogP contribution >= 0.6 is 11.6 Å². The van der Waals surface area contributed by atoms with Gasteiger partial charge in [-0.3, -0.25) is 4.68 Å². The Morgan fingerprint density at radius 1 is 1.35 bits per heavy atom. The van der Waals surface area contributed by atoms with Crippen molar-refractivity contribution in [2.24, 2.45) is 11.3 Å². The molecule has 2 unspecified atom stereocenters. The number of nitrogens with zero attached hydrogens (tertiary/aromatic N) is 2. The van der Waals surface area contributed by atoms with Gasteiger partial charge < -0.3 is 5.11 Å². The van der Waals surface area contributed by atoms with Crippen LogP contribution in [0.2, 0.25) is 5.02 Å². The molecule has 116 valence electrons. The second-order valence-corrected chi connectivity index (χ2v) is 7.50. The normalized spacial score (nSPS) is 15.4. The minimum absolute atomic E-state index is 0.304. The third kappa shape index (κ3) is 5.10. The Kier molecular flexibility index (Phi) is 6.08. The summed E-state index contributed by atoms with van der Waals surface area (Å²) in [5.41, 5.74) is 2.11. The van der Waals surface area contributed by atoms with Crippen LogP contribution in [0.5, 0.6) is 0 Å². The van der Waals surface area contributed by atoms with Gasteiger partial charge in [-0.1, -0.05) is 39.3 Å². The highest BCUT2D eigenvalue weighted by Crippen LogP contribution is 2.28. The number of aryl methyl sites for hydroxylation is 2. The van der Waals surface area contributed by atoms with Crippen LogP contribution in [0.15, 0.2) is 0 Å². The van der Waals surface area contributed by atoms with Gasteiger partial charge in [0, 0.05) is 13.0 Å². The lowest BCUT2D eigenvalue weighted by Gasteiger charge is -2.25. The van der Waals surface area contributed by atoms with Gasteiger partial charge in [-0.15, -0.1) is 0 Å². The molecular weight excluding hydrogens is 272 g/mol. The van der Waals surface area contributed by atoms with E-state index in [0.29, 0.717) is 22.8 Å². The average Bonchev–Trinajstić information content (AvgIpc) is 2.53. The van der Waals surface area contributed by atoms with Crippen molar-refractivity contribution in [3.05, 3.63) is 16.4 Å². The highest BCUT2D eigenvalue weighted by Gasteiger charge is 2.21. The zero-order valence-electron chi connectivity index (χ0n) is 13.7. The van der Waals surface area contributed by atoms with E-state index in [-0.39, 0.29) is 6.10 Å². The van der Waals surface area contributed by atoms with E-state index in [0.717, 1.165) is 30.8 Å². The van der Waals surface area contributed by atoms with Crippen LogP contribution in [0, 0.1) is 18.3 Å². The maximum Gasteiger partial charge on any atom is 0.0848 e. The zero-order valence-corrected chi connectivity index (χ0v) is 14.5. The Bertz CT molecular complexity index is 434. The quantitative estimate of drug-likeness (QED) is 0.853. The van der Waals surface area contributed by atoms with Gasteiger partial charge in [0.2, 0.25) is 0 Å². The molecule has 0 bridgehead atoms. The van der Waals surface area contributed by atoms with Crippen LogP contribution < -0.4 is 0 Å². The van der Waals surface area contributed by atoms with Gasteiger partial charge in [0.1, 0.15) is 0 Å². The molecule has 0 fully saturated rings. The minimum atomic E-state index is -0.355. The molecule has 1 aromatic heterocycles. The third-order valence-electron chi connectivity index (χ3n) is 3.52. The van der Waals surface area contributed by atoms with Crippen LogP contribution in [-0.4, -0.2) is 21.0 Å². The van der Waals surface area contributed by atoms with E-state index in [1.165, 1.54) is 0 Å². The maximum atomic E-state index is 10.3. The largest absolute Gasteiger partial charge is 0.393 e. The first-order valence-corrected chi connectivity index (χ1v) is 7.91. The fraction of sp³-hybridized carbons (Fsp3) is 0.812. The van der Waals surface area contributed by atoms with Crippen molar-refractivity contribution in [2.45, 2.75) is 73.5 Å². The Hall–Kier alpha value is -0.540. The zero-order chi connectivity index (χ0) is 15.5. The lowest BCUT2D eigenvalue weighted by atomic mass is 9.83. The predicted octanol–water partition coefficient (Wildman–Crippen LogP) is 4.23. The standard InChI is InChI=1S/C16H29ClN2O/c1-7-19-14(15(17)12(3)18-19)9-13(20)8-11(2)10-16(4,5)6/h11,13,20H,7-10H2,1-6H3. The van der Waals surface area contributed by atoms with Crippen molar-refractivity contribution in [2.75, 3.05) is 0 Å². The first-order valence-electron chi connectivity index (χ1n) is 7.54. The van der Waals surface area contributed by atoms with Crippen molar-refractivity contribution in [3.8, 4) is 0 Å². The summed E-state index contributed by atoms with van der Waals surface area (Å²) in [5, 5.41) is 15.4. The number of rotatable bonds is 6. The SMILES string of the molecule is CCn1nc(C)c(Cl)c1CC(O)CC(C)CC(C)(C)C. The lowest BCUT2D eigenvalue weighted by Crippen LogP contribution is -2.20. The second-order valence-electron chi connectivity index (χ2n) is 7.13. The summed E-state index contributed by atoms with van der Waals surface area (Å²) < 4.78 is 1.90.